The van der Waals surface area contributed by atoms with Crippen molar-refractivity contribution in [3.63, 3.8) is 0 Å². The van der Waals surface area contributed by atoms with E-state index in [2.05, 4.69) is 0 Å². The third-order valence-corrected chi connectivity index (χ3v) is 5.57. The van der Waals surface area contributed by atoms with Crippen LogP contribution in [0.5, 0.6) is 0 Å². The molecule has 6 heteroatoms. The van der Waals surface area contributed by atoms with Crippen molar-refractivity contribution in [2.45, 2.75) is 50.2 Å². The molecular weight excluding hydrogens is 337 g/mol. The molecule has 26 heavy (non-hydrogen) atoms. The summed E-state index contributed by atoms with van der Waals surface area (Å²) in [5.74, 6) is -0.527. The van der Waals surface area contributed by atoms with Gasteiger partial charge in [-0.25, -0.2) is 4.39 Å². The Bertz CT molecular complexity index is 638. The number of ketones is 1. The Kier molecular flexibility index (Phi) is 6.04. The summed E-state index contributed by atoms with van der Waals surface area (Å²) in [5, 5.41) is 0. The number of halogens is 1. The van der Waals surface area contributed by atoms with Gasteiger partial charge in [0.15, 0.2) is 5.78 Å². The van der Waals surface area contributed by atoms with Crippen molar-refractivity contribution in [3.05, 3.63) is 35.6 Å². The molecule has 1 atom stereocenters. The molecule has 0 saturated carbocycles. The van der Waals surface area contributed by atoms with Gasteiger partial charge < -0.3 is 14.4 Å². The first-order valence-corrected chi connectivity index (χ1v) is 9.27. The molecule has 142 valence electrons. The highest BCUT2D eigenvalue weighted by Crippen LogP contribution is 2.36. The van der Waals surface area contributed by atoms with E-state index in [1.165, 1.54) is 24.3 Å². The van der Waals surface area contributed by atoms with Crippen LogP contribution in [0.2, 0.25) is 0 Å². The van der Waals surface area contributed by atoms with Crippen LogP contribution in [-0.2, 0) is 14.3 Å². The van der Waals surface area contributed by atoms with Crippen LogP contribution in [0.3, 0.4) is 0 Å². The summed E-state index contributed by atoms with van der Waals surface area (Å²) in [4.78, 5) is 26.4. The smallest absolute Gasteiger partial charge is 0.223 e. The Morgan fingerprint density at radius 3 is 2.58 bits per heavy atom. The maximum Gasteiger partial charge on any atom is 0.223 e. The van der Waals surface area contributed by atoms with Gasteiger partial charge in [0.25, 0.3) is 0 Å². The zero-order valence-corrected chi connectivity index (χ0v) is 15.2. The molecular formula is C20H26FNO4. The van der Waals surface area contributed by atoms with Gasteiger partial charge in [-0.3, -0.25) is 9.59 Å². The quantitative estimate of drug-likeness (QED) is 0.755. The number of hydrogen-bond donors (Lipinski definition) is 0. The van der Waals surface area contributed by atoms with Gasteiger partial charge in [0.05, 0.1) is 11.7 Å². The van der Waals surface area contributed by atoms with Crippen molar-refractivity contribution in [1.82, 2.24) is 4.90 Å². The number of methoxy groups -OCH3 is 1. The first-order valence-electron chi connectivity index (χ1n) is 9.27. The molecule has 1 spiro atoms. The van der Waals surface area contributed by atoms with Gasteiger partial charge in [0.2, 0.25) is 5.91 Å². The van der Waals surface area contributed by atoms with Gasteiger partial charge in [-0.05, 0) is 49.9 Å². The molecule has 1 aromatic carbocycles. The number of hydrogen-bond acceptors (Lipinski definition) is 4. The number of carbonyl (C=O) groups is 2. The summed E-state index contributed by atoms with van der Waals surface area (Å²) in [6, 6.07) is 5.43. The summed E-state index contributed by atoms with van der Waals surface area (Å²) in [6.07, 6.45) is 3.95. The zero-order chi connectivity index (χ0) is 18.6. The number of nitrogens with zero attached hydrogens (tertiary/aromatic N) is 1. The van der Waals surface area contributed by atoms with E-state index in [-0.39, 0.29) is 42.1 Å². The molecule has 1 amide bonds. The van der Waals surface area contributed by atoms with E-state index in [0.717, 1.165) is 32.3 Å². The summed E-state index contributed by atoms with van der Waals surface area (Å²) in [6.45, 7) is 2.01. The Balaban J connectivity index is 1.49. The normalized spacial score (nSPS) is 22.4. The van der Waals surface area contributed by atoms with Crippen LogP contribution in [0.15, 0.2) is 24.3 Å². The second-order valence-electron chi connectivity index (χ2n) is 7.09. The zero-order valence-electron chi connectivity index (χ0n) is 15.2. The molecule has 0 N–H and O–H groups in total. The van der Waals surface area contributed by atoms with Crippen LogP contribution in [0.4, 0.5) is 4.39 Å². The molecule has 0 aliphatic carbocycles. The second kappa shape index (κ2) is 8.27. The lowest BCUT2D eigenvalue weighted by Crippen LogP contribution is -2.56. The van der Waals surface area contributed by atoms with Crippen molar-refractivity contribution in [2.75, 3.05) is 26.8 Å². The predicted octanol–water partition coefficient (Wildman–Crippen LogP) is 2.98. The fourth-order valence-corrected chi connectivity index (χ4v) is 3.99. The first-order chi connectivity index (χ1) is 12.5. The molecule has 2 heterocycles. The number of ether oxygens (including phenoxy) is 2. The number of Topliss-reactive ketones (excluding diaryl/α,β-unsaturated/α-hetero) is 1. The fourth-order valence-electron chi connectivity index (χ4n) is 3.99. The molecule has 0 aromatic heterocycles. The van der Waals surface area contributed by atoms with Gasteiger partial charge in [-0.1, -0.05) is 0 Å². The molecule has 0 unspecified atom stereocenters. The van der Waals surface area contributed by atoms with Crippen molar-refractivity contribution in [3.8, 4) is 0 Å². The summed E-state index contributed by atoms with van der Waals surface area (Å²) in [7, 11) is 1.72. The summed E-state index contributed by atoms with van der Waals surface area (Å²) >= 11 is 0. The molecule has 1 aromatic rings. The van der Waals surface area contributed by atoms with Crippen LogP contribution in [-0.4, -0.2) is 55.1 Å². The van der Waals surface area contributed by atoms with Gasteiger partial charge in [-0.15, -0.1) is 0 Å². The summed E-state index contributed by atoms with van der Waals surface area (Å²) in [5.41, 5.74) is 0.170. The minimum Gasteiger partial charge on any atom is -0.378 e. The Morgan fingerprint density at radius 2 is 1.92 bits per heavy atom. The van der Waals surface area contributed by atoms with E-state index < -0.39 is 0 Å². The first kappa shape index (κ1) is 19.0. The van der Waals surface area contributed by atoms with Gasteiger partial charge in [0, 0.05) is 45.2 Å². The van der Waals surface area contributed by atoms with E-state index in [4.69, 9.17) is 9.47 Å². The number of amides is 1. The Morgan fingerprint density at radius 1 is 1.23 bits per heavy atom. The number of carbonyl (C=O) groups excluding carboxylic acids is 2. The van der Waals surface area contributed by atoms with E-state index in [0.29, 0.717) is 18.7 Å². The SMILES string of the molecule is CO[C@H]1CCCOC12CCN(C(=O)CCC(=O)c1ccc(F)cc1)CC2. The van der Waals surface area contributed by atoms with Crippen LogP contribution in [0.1, 0.15) is 48.9 Å². The monoisotopic (exact) mass is 363 g/mol. The highest BCUT2D eigenvalue weighted by atomic mass is 19.1. The minimum atomic E-state index is -0.376. The topological polar surface area (TPSA) is 55.8 Å². The maximum absolute atomic E-state index is 12.9. The molecule has 2 fully saturated rings. The maximum atomic E-state index is 12.9. The van der Waals surface area contributed by atoms with Crippen molar-refractivity contribution in [1.29, 1.82) is 0 Å². The number of rotatable bonds is 5. The van der Waals surface area contributed by atoms with E-state index in [1.807, 2.05) is 4.90 Å². The fraction of sp³-hybridized carbons (Fsp3) is 0.600. The van der Waals surface area contributed by atoms with Crippen LogP contribution < -0.4 is 0 Å². The Hall–Kier alpha value is -1.79. The highest BCUT2D eigenvalue weighted by molar-refractivity contribution is 5.97. The molecule has 0 radical (unpaired) electrons. The largest absolute Gasteiger partial charge is 0.378 e. The van der Waals surface area contributed by atoms with E-state index in [9.17, 15) is 14.0 Å². The molecule has 2 saturated heterocycles. The number of likely N-dealkylation sites (tertiary alicyclic amines) is 1. The van der Waals surface area contributed by atoms with Gasteiger partial charge >= 0.3 is 0 Å². The lowest BCUT2D eigenvalue weighted by Gasteiger charge is -2.48. The molecule has 2 aliphatic heterocycles. The third kappa shape index (κ3) is 4.13. The summed E-state index contributed by atoms with van der Waals surface area (Å²) < 4.78 is 24.6. The van der Waals surface area contributed by atoms with Crippen LogP contribution >= 0.6 is 0 Å². The standard InChI is InChI=1S/C20H26FNO4/c1-25-18-3-2-14-26-20(18)10-12-22(13-11-20)19(24)9-8-17(23)15-4-6-16(21)7-5-15/h4-7,18H,2-3,8-14H2,1H3/t18-/m0/s1. The lowest BCUT2D eigenvalue weighted by molar-refractivity contribution is -0.188. The Labute approximate surface area is 153 Å². The average Bonchev–Trinajstić information content (AvgIpc) is 2.67. The lowest BCUT2D eigenvalue weighted by atomic mass is 9.81. The van der Waals surface area contributed by atoms with Crippen LogP contribution in [0, 0.1) is 5.82 Å². The van der Waals surface area contributed by atoms with E-state index >= 15 is 0 Å². The predicted molar refractivity (Wildman–Crippen MR) is 94.5 cm³/mol. The van der Waals surface area contributed by atoms with Gasteiger partial charge in [0.1, 0.15) is 5.82 Å². The van der Waals surface area contributed by atoms with E-state index in [1.54, 1.807) is 7.11 Å². The van der Waals surface area contributed by atoms with Crippen molar-refractivity contribution in [2.24, 2.45) is 0 Å². The molecule has 5 nitrogen and oxygen atoms in total. The third-order valence-electron chi connectivity index (χ3n) is 5.57. The molecule has 3 rings (SSSR count). The van der Waals surface area contributed by atoms with Crippen molar-refractivity contribution < 1.29 is 23.5 Å². The average molecular weight is 363 g/mol. The van der Waals surface area contributed by atoms with Crippen molar-refractivity contribution >= 4 is 11.7 Å². The van der Waals surface area contributed by atoms with Gasteiger partial charge in [-0.2, -0.15) is 0 Å². The number of piperidine rings is 1. The van der Waals surface area contributed by atoms with Crippen LogP contribution in [0.25, 0.3) is 0 Å². The highest BCUT2D eigenvalue weighted by Gasteiger charge is 2.45. The second-order valence-corrected chi connectivity index (χ2v) is 7.09. The molecule has 0 bridgehead atoms. The number of benzene rings is 1. The molecule has 2 aliphatic rings. The minimum absolute atomic E-state index is 0.0138.